The molecule has 0 spiro atoms. The van der Waals surface area contributed by atoms with Gasteiger partial charge in [0.15, 0.2) is 0 Å². The summed E-state index contributed by atoms with van der Waals surface area (Å²) in [7, 11) is 0. The molecule has 7 heteroatoms. The average Bonchev–Trinajstić information content (AvgIpc) is 2.96. The standard InChI is InChI=1S/C10H13BrN4OS/c1-3-5-7-8(17-15-12-7)10-14-13-9(16-10)6(11)4-2/h6H,3-5H2,1-2H3. The summed E-state index contributed by atoms with van der Waals surface area (Å²) in [4.78, 5) is 1.00. The van der Waals surface area contributed by atoms with Crippen LogP contribution < -0.4 is 0 Å². The van der Waals surface area contributed by atoms with E-state index in [-0.39, 0.29) is 4.83 Å². The van der Waals surface area contributed by atoms with Gasteiger partial charge in [0.2, 0.25) is 5.89 Å². The van der Waals surface area contributed by atoms with E-state index in [0.717, 1.165) is 29.8 Å². The minimum Gasteiger partial charge on any atom is -0.419 e. The molecule has 0 aliphatic heterocycles. The first-order valence-corrected chi connectivity index (χ1v) is 7.24. The highest BCUT2D eigenvalue weighted by atomic mass is 79.9. The molecule has 17 heavy (non-hydrogen) atoms. The lowest BCUT2D eigenvalue weighted by Crippen LogP contribution is -1.87. The summed E-state index contributed by atoms with van der Waals surface area (Å²) >= 11 is 4.79. The zero-order valence-electron chi connectivity index (χ0n) is 9.68. The van der Waals surface area contributed by atoms with Crippen molar-refractivity contribution in [2.45, 2.75) is 37.9 Å². The summed E-state index contributed by atoms with van der Waals surface area (Å²) in [6.07, 6.45) is 2.81. The van der Waals surface area contributed by atoms with E-state index in [1.54, 1.807) is 0 Å². The quantitative estimate of drug-likeness (QED) is 0.791. The third-order valence-electron chi connectivity index (χ3n) is 2.30. The van der Waals surface area contributed by atoms with E-state index in [2.05, 4.69) is 49.6 Å². The molecule has 1 atom stereocenters. The van der Waals surface area contributed by atoms with E-state index in [9.17, 15) is 0 Å². The Hall–Kier alpha value is -0.820. The van der Waals surface area contributed by atoms with E-state index < -0.39 is 0 Å². The summed E-state index contributed by atoms with van der Waals surface area (Å²) in [5.41, 5.74) is 0.940. The minimum atomic E-state index is 0.110. The Balaban J connectivity index is 2.27. The van der Waals surface area contributed by atoms with Gasteiger partial charge in [0, 0.05) is 0 Å². The highest BCUT2D eigenvalue weighted by Gasteiger charge is 2.19. The van der Waals surface area contributed by atoms with Gasteiger partial charge >= 0.3 is 0 Å². The van der Waals surface area contributed by atoms with Gasteiger partial charge in [-0.1, -0.05) is 40.7 Å². The smallest absolute Gasteiger partial charge is 0.261 e. The number of hydrogen-bond donors (Lipinski definition) is 0. The predicted octanol–water partition coefficient (Wildman–Crippen LogP) is 3.39. The highest BCUT2D eigenvalue weighted by molar-refractivity contribution is 9.09. The maximum absolute atomic E-state index is 5.63. The normalized spacial score (nSPS) is 12.9. The molecule has 2 heterocycles. The topological polar surface area (TPSA) is 64.7 Å². The van der Waals surface area contributed by atoms with Crippen LogP contribution in [0.4, 0.5) is 0 Å². The molecule has 2 aromatic rings. The van der Waals surface area contributed by atoms with Crippen LogP contribution in [0.3, 0.4) is 0 Å². The summed E-state index contributed by atoms with van der Waals surface area (Å²) in [5, 5.41) is 12.2. The van der Waals surface area contributed by atoms with E-state index in [1.807, 2.05) is 0 Å². The molecule has 2 aromatic heterocycles. The number of nitrogens with zero attached hydrogens (tertiary/aromatic N) is 4. The van der Waals surface area contributed by atoms with E-state index >= 15 is 0 Å². The molecule has 92 valence electrons. The molecular formula is C10H13BrN4OS. The first-order chi connectivity index (χ1) is 8.26. The number of alkyl halides is 1. The molecule has 2 rings (SSSR count). The fourth-order valence-corrected chi connectivity index (χ4v) is 2.21. The van der Waals surface area contributed by atoms with Crippen molar-refractivity contribution in [3.8, 4) is 10.8 Å². The lowest BCUT2D eigenvalue weighted by molar-refractivity contribution is 0.501. The molecule has 0 saturated carbocycles. The minimum absolute atomic E-state index is 0.110. The van der Waals surface area contributed by atoms with Crippen LogP contribution in [0.2, 0.25) is 0 Å². The van der Waals surface area contributed by atoms with E-state index in [4.69, 9.17) is 4.42 Å². The van der Waals surface area contributed by atoms with Crippen molar-refractivity contribution < 1.29 is 4.42 Å². The van der Waals surface area contributed by atoms with Gasteiger partial charge in [-0.15, -0.1) is 15.3 Å². The molecule has 0 radical (unpaired) electrons. The molecule has 0 aliphatic carbocycles. The van der Waals surface area contributed by atoms with Crippen molar-refractivity contribution in [3.63, 3.8) is 0 Å². The average molecular weight is 317 g/mol. The second kappa shape index (κ2) is 5.68. The van der Waals surface area contributed by atoms with Crippen LogP contribution in [0.5, 0.6) is 0 Å². The Kier molecular flexibility index (Phi) is 4.22. The Morgan fingerprint density at radius 2 is 2.12 bits per heavy atom. The predicted molar refractivity (Wildman–Crippen MR) is 69.2 cm³/mol. The molecule has 0 bridgehead atoms. The molecule has 0 amide bonds. The molecule has 0 fully saturated rings. The van der Waals surface area contributed by atoms with Crippen molar-refractivity contribution in [1.82, 2.24) is 19.8 Å². The summed E-state index contributed by atoms with van der Waals surface area (Å²) in [6.45, 7) is 4.16. The number of aromatic nitrogens is 4. The van der Waals surface area contributed by atoms with Crippen LogP contribution in [0.1, 0.15) is 43.1 Å². The molecular weight excluding hydrogens is 304 g/mol. The molecule has 0 aromatic carbocycles. The summed E-state index contributed by atoms with van der Waals surface area (Å²) < 4.78 is 9.57. The van der Waals surface area contributed by atoms with Crippen molar-refractivity contribution in [2.75, 3.05) is 0 Å². The third kappa shape index (κ3) is 2.71. The molecule has 1 unspecified atom stereocenters. The van der Waals surface area contributed by atoms with Crippen molar-refractivity contribution in [1.29, 1.82) is 0 Å². The van der Waals surface area contributed by atoms with Gasteiger partial charge in [-0.3, -0.25) is 0 Å². The fraction of sp³-hybridized carbons (Fsp3) is 0.600. The second-order valence-corrected chi connectivity index (χ2v) is 5.48. The van der Waals surface area contributed by atoms with Crippen LogP contribution in [-0.2, 0) is 6.42 Å². The van der Waals surface area contributed by atoms with Gasteiger partial charge in [-0.25, -0.2) is 0 Å². The van der Waals surface area contributed by atoms with Crippen LogP contribution in [0.25, 0.3) is 10.8 Å². The first kappa shape index (κ1) is 12.6. The summed E-state index contributed by atoms with van der Waals surface area (Å²) in [6, 6.07) is 0. The number of halogens is 1. The molecule has 0 aliphatic rings. The lowest BCUT2D eigenvalue weighted by Gasteiger charge is -1.97. The Morgan fingerprint density at radius 1 is 1.29 bits per heavy atom. The largest absolute Gasteiger partial charge is 0.419 e. The van der Waals surface area contributed by atoms with Gasteiger partial charge in [0.05, 0.1) is 10.5 Å². The van der Waals surface area contributed by atoms with Gasteiger partial charge in [0.1, 0.15) is 4.88 Å². The highest BCUT2D eigenvalue weighted by Crippen LogP contribution is 2.30. The van der Waals surface area contributed by atoms with E-state index in [0.29, 0.717) is 11.8 Å². The van der Waals surface area contributed by atoms with Crippen molar-refractivity contribution in [2.24, 2.45) is 0 Å². The second-order valence-electron chi connectivity index (χ2n) is 3.62. The van der Waals surface area contributed by atoms with Crippen LogP contribution in [-0.4, -0.2) is 19.8 Å². The fourth-order valence-electron chi connectivity index (χ4n) is 1.40. The van der Waals surface area contributed by atoms with Crippen molar-refractivity contribution >= 4 is 27.5 Å². The van der Waals surface area contributed by atoms with Crippen LogP contribution in [0.15, 0.2) is 4.42 Å². The van der Waals surface area contributed by atoms with Crippen molar-refractivity contribution in [3.05, 3.63) is 11.6 Å². The Bertz CT molecular complexity index is 484. The monoisotopic (exact) mass is 316 g/mol. The molecule has 0 N–H and O–H groups in total. The Labute approximate surface area is 112 Å². The Morgan fingerprint density at radius 3 is 2.82 bits per heavy atom. The van der Waals surface area contributed by atoms with Gasteiger partial charge in [0.25, 0.3) is 5.89 Å². The van der Waals surface area contributed by atoms with E-state index in [1.165, 1.54) is 11.5 Å². The van der Waals surface area contributed by atoms with Crippen LogP contribution >= 0.6 is 27.5 Å². The molecule has 5 nitrogen and oxygen atoms in total. The van der Waals surface area contributed by atoms with Gasteiger partial charge in [-0.2, -0.15) is 0 Å². The maximum atomic E-state index is 5.63. The number of hydrogen-bond acceptors (Lipinski definition) is 6. The third-order valence-corrected chi connectivity index (χ3v) is 4.10. The summed E-state index contributed by atoms with van der Waals surface area (Å²) in [5.74, 6) is 1.13. The number of aryl methyl sites for hydroxylation is 1. The maximum Gasteiger partial charge on any atom is 0.261 e. The van der Waals surface area contributed by atoms with Gasteiger partial charge < -0.3 is 4.42 Å². The zero-order chi connectivity index (χ0) is 12.3. The first-order valence-electron chi connectivity index (χ1n) is 5.55. The number of rotatable bonds is 5. The zero-order valence-corrected chi connectivity index (χ0v) is 12.1. The van der Waals surface area contributed by atoms with Gasteiger partial charge in [-0.05, 0) is 24.4 Å². The van der Waals surface area contributed by atoms with Crippen LogP contribution in [0, 0.1) is 0 Å². The lowest BCUT2D eigenvalue weighted by atomic mass is 10.2. The SMILES string of the molecule is CCCc1nnsc1-c1nnc(C(Br)CC)o1. The molecule has 0 saturated heterocycles.